The van der Waals surface area contributed by atoms with Crippen LogP contribution in [0.4, 0.5) is 10.5 Å². The van der Waals surface area contributed by atoms with Crippen LogP contribution in [0, 0.1) is 6.92 Å². The Morgan fingerprint density at radius 2 is 1.62 bits per heavy atom. The summed E-state index contributed by atoms with van der Waals surface area (Å²) < 4.78 is 0. The highest BCUT2D eigenvalue weighted by Crippen LogP contribution is 2.22. The summed E-state index contributed by atoms with van der Waals surface area (Å²) in [5, 5.41) is 11.1. The van der Waals surface area contributed by atoms with Gasteiger partial charge in [0.05, 0.1) is 11.3 Å². The van der Waals surface area contributed by atoms with Gasteiger partial charge in [-0.05, 0) is 42.8 Å². The van der Waals surface area contributed by atoms with Crippen molar-refractivity contribution in [2.75, 3.05) is 4.90 Å². The molecule has 1 heterocycles. The van der Waals surface area contributed by atoms with Crippen molar-refractivity contribution >= 4 is 35.6 Å². The fourth-order valence-electron chi connectivity index (χ4n) is 2.47. The number of anilines is 1. The van der Waals surface area contributed by atoms with Crippen LogP contribution in [0.5, 0.6) is 0 Å². The van der Waals surface area contributed by atoms with Crippen molar-refractivity contribution in [3.63, 3.8) is 0 Å². The van der Waals surface area contributed by atoms with E-state index in [9.17, 15) is 19.2 Å². The fraction of sp³-hybridized carbons (Fsp3) is 0.0526. The SMILES string of the molecule is Cc1ccc(N2C(=O)NC(=O)C(=Cc3ccc(C(=O)O)cc3)C2=O)cc1. The number of amides is 4. The van der Waals surface area contributed by atoms with Crippen LogP contribution in [0.2, 0.25) is 0 Å². The Labute approximate surface area is 148 Å². The molecule has 1 fully saturated rings. The third kappa shape index (κ3) is 3.23. The molecule has 7 nitrogen and oxygen atoms in total. The van der Waals surface area contributed by atoms with E-state index in [0.717, 1.165) is 10.5 Å². The lowest BCUT2D eigenvalue weighted by molar-refractivity contribution is -0.122. The minimum atomic E-state index is -1.08. The number of carboxylic acid groups (broad SMARTS) is 1. The Hall–Kier alpha value is -3.74. The van der Waals surface area contributed by atoms with E-state index in [2.05, 4.69) is 5.32 Å². The first-order valence-electron chi connectivity index (χ1n) is 7.68. The molecule has 0 radical (unpaired) electrons. The molecule has 0 spiro atoms. The third-order valence-electron chi connectivity index (χ3n) is 3.86. The number of urea groups is 1. The maximum Gasteiger partial charge on any atom is 0.335 e. The van der Waals surface area contributed by atoms with Gasteiger partial charge in [-0.3, -0.25) is 14.9 Å². The number of nitrogens with one attached hydrogen (secondary N) is 1. The minimum absolute atomic E-state index is 0.0861. The predicted molar refractivity (Wildman–Crippen MR) is 93.6 cm³/mol. The molecule has 2 N–H and O–H groups in total. The normalized spacial score (nSPS) is 16.0. The second kappa shape index (κ2) is 6.64. The van der Waals surface area contributed by atoms with Crippen LogP contribution in [0.25, 0.3) is 6.08 Å². The molecule has 0 aromatic heterocycles. The molecule has 1 aliphatic heterocycles. The average Bonchev–Trinajstić information content (AvgIpc) is 2.60. The van der Waals surface area contributed by atoms with Crippen molar-refractivity contribution in [1.82, 2.24) is 5.32 Å². The number of imide groups is 2. The van der Waals surface area contributed by atoms with Gasteiger partial charge in [0.2, 0.25) is 0 Å². The molecule has 4 amide bonds. The van der Waals surface area contributed by atoms with Crippen LogP contribution < -0.4 is 10.2 Å². The smallest absolute Gasteiger partial charge is 0.335 e. The number of carboxylic acids is 1. The summed E-state index contributed by atoms with van der Waals surface area (Å²) in [6.45, 7) is 1.87. The number of rotatable bonds is 3. The summed E-state index contributed by atoms with van der Waals surface area (Å²) >= 11 is 0. The van der Waals surface area contributed by atoms with Crippen LogP contribution >= 0.6 is 0 Å². The van der Waals surface area contributed by atoms with Gasteiger partial charge in [-0.1, -0.05) is 29.8 Å². The first kappa shape index (κ1) is 17.1. The zero-order valence-electron chi connectivity index (χ0n) is 13.7. The summed E-state index contributed by atoms with van der Waals surface area (Å²) in [4.78, 5) is 48.7. The number of nitrogens with zero attached hydrogens (tertiary/aromatic N) is 1. The van der Waals surface area contributed by atoms with E-state index in [-0.39, 0.29) is 11.1 Å². The second-order valence-corrected chi connectivity index (χ2v) is 5.72. The molecule has 0 atom stereocenters. The number of carbonyl (C=O) groups excluding carboxylic acids is 3. The summed E-state index contributed by atoms with van der Waals surface area (Å²) in [5.74, 6) is -2.62. The highest BCUT2D eigenvalue weighted by molar-refractivity contribution is 6.39. The van der Waals surface area contributed by atoms with Crippen molar-refractivity contribution in [2.24, 2.45) is 0 Å². The Kier molecular flexibility index (Phi) is 4.36. The monoisotopic (exact) mass is 350 g/mol. The van der Waals surface area contributed by atoms with Gasteiger partial charge in [-0.2, -0.15) is 0 Å². The van der Waals surface area contributed by atoms with Crippen molar-refractivity contribution in [3.8, 4) is 0 Å². The van der Waals surface area contributed by atoms with Gasteiger partial charge < -0.3 is 5.11 Å². The molecular weight excluding hydrogens is 336 g/mol. The van der Waals surface area contributed by atoms with Crippen molar-refractivity contribution in [1.29, 1.82) is 0 Å². The van der Waals surface area contributed by atoms with Crippen molar-refractivity contribution < 1.29 is 24.3 Å². The molecule has 2 aromatic carbocycles. The van der Waals surface area contributed by atoms with Crippen molar-refractivity contribution in [2.45, 2.75) is 6.92 Å². The van der Waals surface area contributed by atoms with E-state index in [1.165, 1.54) is 30.3 Å². The van der Waals surface area contributed by atoms with Gasteiger partial charge in [0.15, 0.2) is 0 Å². The van der Waals surface area contributed by atoms with Crippen LogP contribution in [-0.2, 0) is 9.59 Å². The van der Waals surface area contributed by atoms with Crippen molar-refractivity contribution in [3.05, 3.63) is 70.8 Å². The minimum Gasteiger partial charge on any atom is -0.478 e. The van der Waals surface area contributed by atoms with E-state index in [4.69, 9.17) is 5.11 Å². The highest BCUT2D eigenvalue weighted by atomic mass is 16.4. The molecule has 0 bridgehead atoms. The van der Waals surface area contributed by atoms with Crippen LogP contribution in [0.3, 0.4) is 0 Å². The van der Waals surface area contributed by atoms with Gasteiger partial charge in [0.1, 0.15) is 5.57 Å². The van der Waals surface area contributed by atoms with Crippen LogP contribution in [0.15, 0.2) is 54.1 Å². The summed E-state index contributed by atoms with van der Waals surface area (Å²) in [6, 6.07) is 11.6. The molecule has 3 rings (SSSR count). The molecule has 26 heavy (non-hydrogen) atoms. The summed E-state index contributed by atoms with van der Waals surface area (Å²) in [5.41, 5.74) is 1.64. The lowest BCUT2D eigenvalue weighted by Crippen LogP contribution is -2.54. The quantitative estimate of drug-likeness (QED) is 0.653. The molecule has 130 valence electrons. The van der Waals surface area contributed by atoms with E-state index in [1.807, 2.05) is 6.92 Å². The first-order chi connectivity index (χ1) is 12.4. The lowest BCUT2D eigenvalue weighted by atomic mass is 10.1. The first-order valence-corrected chi connectivity index (χ1v) is 7.68. The zero-order valence-corrected chi connectivity index (χ0v) is 13.7. The fourth-order valence-corrected chi connectivity index (χ4v) is 2.47. The molecule has 2 aromatic rings. The second-order valence-electron chi connectivity index (χ2n) is 5.72. The largest absolute Gasteiger partial charge is 0.478 e. The maximum atomic E-state index is 12.7. The highest BCUT2D eigenvalue weighted by Gasteiger charge is 2.36. The number of carbonyl (C=O) groups is 4. The number of hydrogen-bond acceptors (Lipinski definition) is 4. The van der Waals surface area contributed by atoms with E-state index < -0.39 is 23.8 Å². The number of aromatic carboxylic acids is 1. The Morgan fingerprint density at radius 1 is 1.00 bits per heavy atom. The Balaban J connectivity index is 1.96. The maximum absolute atomic E-state index is 12.7. The molecule has 1 saturated heterocycles. The number of benzene rings is 2. The zero-order chi connectivity index (χ0) is 18.8. The number of hydrogen-bond donors (Lipinski definition) is 2. The molecule has 1 aliphatic rings. The third-order valence-corrected chi connectivity index (χ3v) is 3.86. The van der Waals surface area contributed by atoms with E-state index in [0.29, 0.717) is 11.3 Å². The standard InChI is InChI=1S/C19H14N2O5/c1-11-2-8-14(9-3-11)21-17(23)15(16(22)20-19(21)26)10-12-4-6-13(7-5-12)18(24)25/h2-10H,1H3,(H,24,25)(H,20,22,26). The number of barbiturate groups is 1. The molecule has 0 unspecified atom stereocenters. The topological polar surface area (TPSA) is 104 Å². The van der Waals surface area contributed by atoms with E-state index in [1.54, 1.807) is 24.3 Å². The Bertz CT molecular complexity index is 943. The molecule has 7 heteroatoms. The van der Waals surface area contributed by atoms with Gasteiger partial charge in [0.25, 0.3) is 11.8 Å². The van der Waals surface area contributed by atoms with E-state index >= 15 is 0 Å². The van der Waals surface area contributed by atoms with Gasteiger partial charge in [-0.25, -0.2) is 14.5 Å². The molecule has 0 saturated carbocycles. The van der Waals surface area contributed by atoms with Crippen LogP contribution in [-0.4, -0.2) is 28.9 Å². The molecular formula is C19H14N2O5. The van der Waals surface area contributed by atoms with Gasteiger partial charge in [-0.15, -0.1) is 0 Å². The summed E-state index contributed by atoms with van der Waals surface area (Å²) in [6.07, 6.45) is 1.32. The molecule has 0 aliphatic carbocycles. The van der Waals surface area contributed by atoms with Gasteiger partial charge in [0, 0.05) is 0 Å². The predicted octanol–water partition coefficient (Wildman–Crippen LogP) is 2.36. The summed E-state index contributed by atoms with van der Waals surface area (Å²) in [7, 11) is 0. The lowest BCUT2D eigenvalue weighted by Gasteiger charge is -2.26. The Morgan fingerprint density at radius 3 is 2.19 bits per heavy atom. The van der Waals surface area contributed by atoms with Gasteiger partial charge >= 0.3 is 12.0 Å². The average molecular weight is 350 g/mol. The van der Waals surface area contributed by atoms with Crippen LogP contribution in [0.1, 0.15) is 21.5 Å². The number of aryl methyl sites for hydroxylation is 1.